The third kappa shape index (κ3) is 1.73. The standard InChI is InChI=1S/C13H16N2O/c1-9(16)15-12-6-5-11(13(2,3)4)7-10(12)8-14-15/h5-8H,1-4H3. The van der Waals surface area contributed by atoms with Gasteiger partial charge in [0, 0.05) is 12.3 Å². The summed E-state index contributed by atoms with van der Waals surface area (Å²) < 4.78 is 1.43. The zero-order chi connectivity index (χ0) is 11.9. The number of carbonyl (C=O) groups is 1. The van der Waals surface area contributed by atoms with Crippen LogP contribution < -0.4 is 0 Å². The second kappa shape index (κ2) is 3.44. The molecule has 0 saturated carbocycles. The molecule has 84 valence electrons. The summed E-state index contributed by atoms with van der Waals surface area (Å²) in [6.45, 7) is 8.03. The molecule has 0 atom stereocenters. The molecule has 1 aromatic heterocycles. The number of carbonyl (C=O) groups excluding carboxylic acids is 1. The van der Waals surface area contributed by atoms with E-state index in [2.05, 4.69) is 38.0 Å². The molecule has 2 aromatic rings. The van der Waals surface area contributed by atoms with Crippen LogP contribution in [0.25, 0.3) is 10.9 Å². The van der Waals surface area contributed by atoms with Gasteiger partial charge in [0.15, 0.2) is 0 Å². The van der Waals surface area contributed by atoms with Gasteiger partial charge in [0.25, 0.3) is 0 Å². The number of fused-ring (bicyclic) bond motifs is 1. The molecular weight excluding hydrogens is 200 g/mol. The SMILES string of the molecule is CC(=O)n1ncc2cc(C(C)(C)C)ccc21. The Balaban J connectivity index is 2.62. The highest BCUT2D eigenvalue weighted by molar-refractivity contribution is 5.90. The van der Waals surface area contributed by atoms with Crippen LogP contribution in [0.5, 0.6) is 0 Å². The first-order chi connectivity index (χ1) is 7.39. The highest BCUT2D eigenvalue weighted by Gasteiger charge is 2.15. The monoisotopic (exact) mass is 216 g/mol. The van der Waals surface area contributed by atoms with Crippen LogP contribution in [-0.2, 0) is 5.41 Å². The van der Waals surface area contributed by atoms with Gasteiger partial charge in [-0.1, -0.05) is 26.8 Å². The predicted octanol–water partition coefficient (Wildman–Crippen LogP) is 2.99. The minimum atomic E-state index is -0.0569. The first-order valence-electron chi connectivity index (χ1n) is 5.39. The maximum absolute atomic E-state index is 11.3. The van der Waals surface area contributed by atoms with E-state index in [0.717, 1.165) is 10.9 Å². The summed E-state index contributed by atoms with van der Waals surface area (Å²) in [4.78, 5) is 11.3. The quantitative estimate of drug-likeness (QED) is 0.678. The van der Waals surface area contributed by atoms with E-state index >= 15 is 0 Å². The van der Waals surface area contributed by atoms with Crippen LogP contribution in [-0.4, -0.2) is 15.7 Å². The topological polar surface area (TPSA) is 34.9 Å². The van der Waals surface area contributed by atoms with Crippen molar-refractivity contribution < 1.29 is 4.79 Å². The molecule has 0 aliphatic heterocycles. The van der Waals surface area contributed by atoms with Gasteiger partial charge in [-0.25, -0.2) is 4.68 Å². The Hall–Kier alpha value is -1.64. The van der Waals surface area contributed by atoms with Gasteiger partial charge in [0.2, 0.25) is 5.91 Å². The van der Waals surface area contributed by atoms with Gasteiger partial charge >= 0.3 is 0 Å². The average Bonchev–Trinajstić information content (AvgIpc) is 2.58. The van der Waals surface area contributed by atoms with Crippen molar-refractivity contribution in [2.75, 3.05) is 0 Å². The molecule has 0 fully saturated rings. The molecule has 0 bridgehead atoms. The van der Waals surface area contributed by atoms with Crippen LogP contribution in [0.4, 0.5) is 0 Å². The molecule has 0 amide bonds. The van der Waals surface area contributed by atoms with Crippen molar-refractivity contribution in [1.82, 2.24) is 9.78 Å². The smallest absolute Gasteiger partial charge is 0.244 e. The van der Waals surface area contributed by atoms with Crippen LogP contribution in [0, 0.1) is 0 Å². The maximum atomic E-state index is 11.3. The van der Waals surface area contributed by atoms with Crippen molar-refractivity contribution in [3.05, 3.63) is 30.0 Å². The van der Waals surface area contributed by atoms with Gasteiger partial charge in [0.1, 0.15) is 0 Å². The lowest BCUT2D eigenvalue weighted by atomic mass is 9.86. The third-order valence-corrected chi connectivity index (χ3v) is 2.73. The largest absolute Gasteiger partial charge is 0.273 e. The number of nitrogens with zero attached hydrogens (tertiary/aromatic N) is 2. The Morgan fingerprint density at radius 3 is 2.56 bits per heavy atom. The van der Waals surface area contributed by atoms with Crippen molar-refractivity contribution in [2.45, 2.75) is 33.1 Å². The number of benzene rings is 1. The Morgan fingerprint density at radius 1 is 1.31 bits per heavy atom. The average molecular weight is 216 g/mol. The molecule has 0 radical (unpaired) electrons. The summed E-state index contributed by atoms with van der Waals surface area (Å²) >= 11 is 0. The number of rotatable bonds is 0. The molecule has 0 saturated heterocycles. The summed E-state index contributed by atoms with van der Waals surface area (Å²) in [6.07, 6.45) is 1.74. The van der Waals surface area contributed by atoms with E-state index in [1.54, 1.807) is 6.20 Å². The Morgan fingerprint density at radius 2 is 2.00 bits per heavy atom. The van der Waals surface area contributed by atoms with Crippen LogP contribution >= 0.6 is 0 Å². The molecular formula is C13H16N2O. The van der Waals surface area contributed by atoms with Crippen molar-refractivity contribution >= 4 is 16.8 Å². The Kier molecular flexibility index (Phi) is 2.34. The van der Waals surface area contributed by atoms with Gasteiger partial charge in [-0.05, 0) is 23.1 Å². The van der Waals surface area contributed by atoms with Gasteiger partial charge < -0.3 is 0 Å². The lowest BCUT2D eigenvalue weighted by Gasteiger charge is -2.18. The number of hydrogen-bond acceptors (Lipinski definition) is 2. The zero-order valence-corrected chi connectivity index (χ0v) is 10.1. The summed E-state index contributed by atoms with van der Waals surface area (Å²) in [5.74, 6) is -0.0569. The second-order valence-electron chi connectivity index (χ2n) is 5.10. The van der Waals surface area contributed by atoms with Crippen molar-refractivity contribution in [3.8, 4) is 0 Å². The summed E-state index contributed by atoms with van der Waals surface area (Å²) in [7, 11) is 0. The van der Waals surface area contributed by atoms with E-state index in [9.17, 15) is 4.79 Å². The van der Waals surface area contributed by atoms with Crippen molar-refractivity contribution in [1.29, 1.82) is 0 Å². The zero-order valence-electron chi connectivity index (χ0n) is 10.1. The summed E-state index contributed by atoms with van der Waals surface area (Å²) in [5.41, 5.74) is 2.25. The lowest BCUT2D eigenvalue weighted by Crippen LogP contribution is -2.11. The molecule has 0 unspecified atom stereocenters. The van der Waals surface area contributed by atoms with Gasteiger partial charge in [-0.3, -0.25) is 4.79 Å². The molecule has 0 N–H and O–H groups in total. The van der Waals surface area contributed by atoms with Crippen LogP contribution in [0.1, 0.15) is 38.1 Å². The predicted molar refractivity (Wildman–Crippen MR) is 64.7 cm³/mol. The molecule has 16 heavy (non-hydrogen) atoms. The van der Waals surface area contributed by atoms with Crippen molar-refractivity contribution in [3.63, 3.8) is 0 Å². The first kappa shape index (κ1) is 10.9. The normalized spacial score (nSPS) is 12.0. The molecule has 0 aliphatic carbocycles. The number of aromatic nitrogens is 2. The van der Waals surface area contributed by atoms with Crippen LogP contribution in [0.2, 0.25) is 0 Å². The fourth-order valence-corrected chi connectivity index (χ4v) is 1.75. The highest BCUT2D eigenvalue weighted by atomic mass is 16.2. The van der Waals surface area contributed by atoms with Gasteiger partial charge in [-0.15, -0.1) is 0 Å². The molecule has 0 aliphatic rings. The van der Waals surface area contributed by atoms with E-state index in [4.69, 9.17) is 0 Å². The molecule has 2 rings (SSSR count). The fraction of sp³-hybridized carbons (Fsp3) is 0.385. The van der Waals surface area contributed by atoms with E-state index in [0.29, 0.717) is 0 Å². The highest BCUT2D eigenvalue weighted by Crippen LogP contribution is 2.25. The second-order valence-corrected chi connectivity index (χ2v) is 5.10. The summed E-state index contributed by atoms with van der Waals surface area (Å²) in [6, 6.07) is 6.12. The molecule has 1 heterocycles. The number of hydrogen-bond donors (Lipinski definition) is 0. The molecule has 3 heteroatoms. The van der Waals surface area contributed by atoms with E-state index < -0.39 is 0 Å². The van der Waals surface area contributed by atoms with Crippen molar-refractivity contribution in [2.24, 2.45) is 0 Å². The van der Waals surface area contributed by atoms with Crippen LogP contribution in [0.3, 0.4) is 0 Å². The van der Waals surface area contributed by atoms with Crippen LogP contribution in [0.15, 0.2) is 24.4 Å². The molecule has 1 aromatic carbocycles. The molecule has 3 nitrogen and oxygen atoms in total. The Labute approximate surface area is 95.1 Å². The lowest BCUT2D eigenvalue weighted by molar-refractivity contribution is 0.0927. The maximum Gasteiger partial charge on any atom is 0.244 e. The third-order valence-electron chi connectivity index (χ3n) is 2.73. The minimum Gasteiger partial charge on any atom is -0.273 e. The summed E-state index contributed by atoms with van der Waals surface area (Å²) in [5, 5.41) is 5.10. The van der Waals surface area contributed by atoms with E-state index in [1.807, 2.05) is 6.07 Å². The fourth-order valence-electron chi connectivity index (χ4n) is 1.75. The van der Waals surface area contributed by atoms with Gasteiger partial charge in [-0.2, -0.15) is 5.10 Å². The first-order valence-corrected chi connectivity index (χ1v) is 5.39. The minimum absolute atomic E-state index is 0.0569. The molecule has 0 spiro atoms. The van der Waals surface area contributed by atoms with E-state index in [-0.39, 0.29) is 11.3 Å². The Bertz CT molecular complexity index is 547. The van der Waals surface area contributed by atoms with Gasteiger partial charge in [0.05, 0.1) is 11.7 Å². The van der Waals surface area contributed by atoms with E-state index in [1.165, 1.54) is 17.2 Å².